The number of ketones is 1. The zero-order chi connectivity index (χ0) is 22.2. The van der Waals surface area contributed by atoms with Crippen molar-refractivity contribution >= 4 is 34.3 Å². The number of fused-ring (bicyclic) bond motifs is 1. The van der Waals surface area contributed by atoms with E-state index in [1.807, 2.05) is 28.8 Å². The van der Waals surface area contributed by atoms with Gasteiger partial charge in [-0.1, -0.05) is 18.2 Å². The van der Waals surface area contributed by atoms with Gasteiger partial charge in [0.1, 0.15) is 0 Å². The van der Waals surface area contributed by atoms with Crippen LogP contribution < -0.4 is 4.74 Å². The Morgan fingerprint density at radius 3 is 2.68 bits per heavy atom. The Labute approximate surface area is 186 Å². The summed E-state index contributed by atoms with van der Waals surface area (Å²) in [7, 11) is 0. The second kappa shape index (κ2) is 10.9. The molecular formula is C24H26ClNO5. The van der Waals surface area contributed by atoms with Gasteiger partial charge in [0, 0.05) is 47.1 Å². The largest absolute Gasteiger partial charge is 0.504 e. The number of benzene rings is 2. The van der Waals surface area contributed by atoms with Crippen molar-refractivity contribution in [3.63, 3.8) is 0 Å². The lowest BCUT2D eigenvalue weighted by molar-refractivity contribution is -0.143. The maximum Gasteiger partial charge on any atom is 0.305 e. The normalized spacial score (nSPS) is 10.9. The van der Waals surface area contributed by atoms with Crippen LogP contribution in [0.3, 0.4) is 0 Å². The van der Waals surface area contributed by atoms with Gasteiger partial charge in [-0.25, -0.2) is 0 Å². The molecule has 6 nitrogen and oxygen atoms in total. The lowest BCUT2D eigenvalue weighted by atomic mass is 10.0. The minimum absolute atomic E-state index is 0.0846. The topological polar surface area (TPSA) is 77.8 Å². The van der Waals surface area contributed by atoms with Crippen LogP contribution in [-0.4, -0.2) is 40.5 Å². The third kappa shape index (κ3) is 5.58. The summed E-state index contributed by atoms with van der Waals surface area (Å²) in [5, 5.41) is 11.1. The summed E-state index contributed by atoms with van der Waals surface area (Å²) in [5.41, 5.74) is 1.83. The summed E-state index contributed by atoms with van der Waals surface area (Å²) in [5.74, 6) is 0.296. The summed E-state index contributed by atoms with van der Waals surface area (Å²) in [6.07, 6.45) is 3.40. The molecule has 31 heavy (non-hydrogen) atoms. The van der Waals surface area contributed by atoms with Gasteiger partial charge in [-0.15, -0.1) is 11.6 Å². The first-order valence-electron chi connectivity index (χ1n) is 10.3. The van der Waals surface area contributed by atoms with Crippen molar-refractivity contribution < 1.29 is 24.2 Å². The number of esters is 1. The Morgan fingerprint density at radius 1 is 1.13 bits per heavy atom. The molecule has 0 radical (unpaired) electrons. The number of hydrogen-bond acceptors (Lipinski definition) is 5. The summed E-state index contributed by atoms with van der Waals surface area (Å²) in [6.45, 7) is 3.13. The molecule has 164 valence electrons. The molecule has 7 heteroatoms. The average Bonchev–Trinajstić information content (AvgIpc) is 3.13. The van der Waals surface area contributed by atoms with Gasteiger partial charge < -0.3 is 19.1 Å². The number of hydrogen-bond donors (Lipinski definition) is 1. The number of alkyl halides is 1. The van der Waals surface area contributed by atoms with Crippen LogP contribution in [0.5, 0.6) is 11.5 Å². The number of ether oxygens (including phenoxy) is 2. The van der Waals surface area contributed by atoms with E-state index < -0.39 is 0 Å². The van der Waals surface area contributed by atoms with E-state index in [0.717, 1.165) is 10.9 Å². The minimum Gasteiger partial charge on any atom is -0.504 e. The van der Waals surface area contributed by atoms with E-state index in [2.05, 4.69) is 0 Å². The van der Waals surface area contributed by atoms with Crippen molar-refractivity contribution in [3.05, 3.63) is 59.8 Å². The van der Waals surface area contributed by atoms with Crippen molar-refractivity contribution in [2.75, 3.05) is 19.1 Å². The van der Waals surface area contributed by atoms with E-state index in [4.69, 9.17) is 21.1 Å². The number of halogens is 1. The van der Waals surface area contributed by atoms with Gasteiger partial charge in [0.05, 0.1) is 13.2 Å². The number of phenols is 1. The van der Waals surface area contributed by atoms with E-state index in [-0.39, 0.29) is 17.5 Å². The Morgan fingerprint density at radius 2 is 1.94 bits per heavy atom. The molecular weight excluding hydrogens is 418 g/mol. The van der Waals surface area contributed by atoms with E-state index in [0.29, 0.717) is 61.8 Å². The van der Waals surface area contributed by atoms with E-state index in [1.165, 1.54) is 6.07 Å². The molecule has 0 bridgehead atoms. The number of aryl methyl sites for hydroxylation is 1. The standard InChI is InChI=1S/C24H26ClNO5/c1-2-30-23(28)9-5-13-26-16-19(18-7-3-4-8-20(18)26)24(29)17-10-11-22(21(27)15-17)31-14-6-12-25/h3-4,7-8,10-11,15-16,27H,2,5-6,9,12-14H2,1H3. The number of nitrogens with zero attached hydrogens (tertiary/aromatic N) is 1. The van der Waals surface area contributed by atoms with Gasteiger partial charge in [-0.05, 0) is 44.0 Å². The molecule has 0 spiro atoms. The molecule has 0 saturated carbocycles. The van der Waals surface area contributed by atoms with Gasteiger partial charge in [-0.2, -0.15) is 0 Å². The van der Waals surface area contributed by atoms with Gasteiger partial charge in [0.25, 0.3) is 0 Å². The molecule has 3 rings (SSSR count). The van der Waals surface area contributed by atoms with Gasteiger partial charge in [0.2, 0.25) is 0 Å². The molecule has 0 aliphatic heterocycles. The monoisotopic (exact) mass is 443 g/mol. The fourth-order valence-electron chi connectivity index (χ4n) is 3.41. The molecule has 0 fully saturated rings. The molecule has 0 unspecified atom stereocenters. The summed E-state index contributed by atoms with van der Waals surface area (Å²) < 4.78 is 12.4. The highest BCUT2D eigenvalue weighted by atomic mass is 35.5. The molecule has 1 heterocycles. The summed E-state index contributed by atoms with van der Waals surface area (Å²) >= 11 is 5.64. The predicted octanol–water partition coefficient (Wildman–Crippen LogP) is 4.93. The lowest BCUT2D eigenvalue weighted by Gasteiger charge is -2.08. The van der Waals surface area contributed by atoms with E-state index in [9.17, 15) is 14.7 Å². The Hall–Kier alpha value is -2.99. The third-order valence-electron chi connectivity index (χ3n) is 4.88. The number of aromatic hydroxyl groups is 1. The van der Waals surface area contributed by atoms with Crippen molar-refractivity contribution in [2.24, 2.45) is 0 Å². The van der Waals surface area contributed by atoms with Crippen LogP contribution in [0.1, 0.15) is 42.1 Å². The zero-order valence-electron chi connectivity index (χ0n) is 17.5. The molecule has 0 amide bonds. The van der Waals surface area contributed by atoms with Crippen LogP contribution in [0.15, 0.2) is 48.7 Å². The Kier molecular flexibility index (Phi) is 7.95. The molecule has 3 aromatic rings. The van der Waals surface area contributed by atoms with Crippen LogP contribution in [0.4, 0.5) is 0 Å². The fourth-order valence-corrected chi connectivity index (χ4v) is 3.52. The highest BCUT2D eigenvalue weighted by molar-refractivity contribution is 6.18. The van der Waals surface area contributed by atoms with Crippen molar-refractivity contribution in [1.82, 2.24) is 4.57 Å². The molecule has 2 aromatic carbocycles. The number of carbonyl (C=O) groups is 2. The van der Waals surface area contributed by atoms with Crippen LogP contribution in [0, 0.1) is 0 Å². The zero-order valence-corrected chi connectivity index (χ0v) is 18.2. The van der Waals surface area contributed by atoms with Gasteiger partial charge >= 0.3 is 5.97 Å². The van der Waals surface area contributed by atoms with Crippen LogP contribution in [0.25, 0.3) is 10.9 Å². The highest BCUT2D eigenvalue weighted by Crippen LogP contribution is 2.30. The number of carbonyl (C=O) groups excluding carboxylic acids is 2. The van der Waals surface area contributed by atoms with Crippen LogP contribution in [-0.2, 0) is 16.1 Å². The van der Waals surface area contributed by atoms with Crippen LogP contribution >= 0.6 is 11.6 Å². The number of phenolic OH excluding ortho intramolecular Hbond substituents is 1. The maximum absolute atomic E-state index is 13.2. The van der Waals surface area contributed by atoms with Crippen molar-refractivity contribution in [1.29, 1.82) is 0 Å². The van der Waals surface area contributed by atoms with E-state index >= 15 is 0 Å². The van der Waals surface area contributed by atoms with Crippen molar-refractivity contribution in [3.8, 4) is 11.5 Å². The SMILES string of the molecule is CCOC(=O)CCCn1cc(C(=O)c2ccc(OCCCCl)c(O)c2)c2ccccc21. The van der Waals surface area contributed by atoms with Gasteiger partial charge in [0.15, 0.2) is 17.3 Å². The first-order valence-corrected chi connectivity index (χ1v) is 10.9. The number of para-hydroxylation sites is 1. The Bertz CT molecular complexity index is 1060. The molecule has 0 saturated heterocycles. The van der Waals surface area contributed by atoms with E-state index in [1.54, 1.807) is 25.3 Å². The average molecular weight is 444 g/mol. The second-order valence-electron chi connectivity index (χ2n) is 7.06. The fraction of sp³-hybridized carbons (Fsp3) is 0.333. The molecule has 0 aliphatic carbocycles. The van der Waals surface area contributed by atoms with Crippen molar-refractivity contribution in [2.45, 2.75) is 32.7 Å². The molecule has 1 aromatic heterocycles. The Balaban J connectivity index is 1.81. The highest BCUT2D eigenvalue weighted by Gasteiger charge is 2.18. The summed E-state index contributed by atoms with van der Waals surface area (Å²) in [4.78, 5) is 24.8. The third-order valence-corrected chi connectivity index (χ3v) is 5.14. The first-order chi connectivity index (χ1) is 15.0. The maximum atomic E-state index is 13.2. The number of aromatic nitrogens is 1. The molecule has 1 N–H and O–H groups in total. The smallest absolute Gasteiger partial charge is 0.305 e. The van der Waals surface area contributed by atoms with Crippen LogP contribution in [0.2, 0.25) is 0 Å². The first kappa shape index (κ1) is 22.7. The summed E-state index contributed by atoms with van der Waals surface area (Å²) in [6, 6.07) is 12.3. The second-order valence-corrected chi connectivity index (χ2v) is 7.44. The molecule has 0 aliphatic rings. The lowest BCUT2D eigenvalue weighted by Crippen LogP contribution is -2.06. The quantitative estimate of drug-likeness (QED) is 0.197. The van der Waals surface area contributed by atoms with Gasteiger partial charge in [-0.3, -0.25) is 9.59 Å². The predicted molar refractivity (Wildman–Crippen MR) is 120 cm³/mol. The number of rotatable bonds is 11. The minimum atomic E-state index is -0.223. The molecule has 0 atom stereocenters.